The number of ether oxygens (including phenoxy) is 3. The lowest BCUT2D eigenvalue weighted by molar-refractivity contribution is -0.113. The van der Waals surface area contributed by atoms with E-state index >= 15 is 0 Å². The topological polar surface area (TPSA) is 60.4 Å². The van der Waals surface area contributed by atoms with Crippen LogP contribution in [0.2, 0.25) is 0 Å². The van der Waals surface area contributed by atoms with Crippen LogP contribution in [0.5, 0.6) is 17.2 Å². The van der Waals surface area contributed by atoms with Crippen LogP contribution in [0.1, 0.15) is 5.56 Å². The molecule has 3 rings (SSSR count). The number of methoxy groups -OCH3 is 3. The first-order valence-electron chi connectivity index (χ1n) is 8.86. The van der Waals surface area contributed by atoms with Crippen molar-refractivity contribution in [3.8, 4) is 17.2 Å². The molecular weight excluding hydrogens is 388 g/mol. The summed E-state index contributed by atoms with van der Waals surface area (Å²) in [5.41, 5.74) is 1.86. The smallest absolute Gasteiger partial charge is 0.283 e. The Labute approximate surface area is 174 Å². The number of aliphatic imine (C=N–C) groups is 1. The number of nitrogens with zero attached hydrogens (tertiary/aromatic N) is 2. The van der Waals surface area contributed by atoms with Gasteiger partial charge in [-0.05, 0) is 48.0 Å². The Morgan fingerprint density at radius 2 is 1.76 bits per heavy atom. The van der Waals surface area contributed by atoms with Crippen LogP contribution in [0.15, 0.2) is 65.8 Å². The zero-order valence-corrected chi connectivity index (χ0v) is 17.4. The molecule has 150 valence electrons. The lowest BCUT2D eigenvalue weighted by atomic mass is 10.1. The monoisotopic (exact) mass is 410 g/mol. The minimum atomic E-state index is -0.198. The highest BCUT2D eigenvalue weighted by Crippen LogP contribution is 2.32. The molecule has 0 unspecified atom stereocenters. The third kappa shape index (κ3) is 4.46. The van der Waals surface area contributed by atoms with E-state index in [0.29, 0.717) is 28.1 Å². The number of amides is 1. The Balaban J connectivity index is 1.97. The maximum absolute atomic E-state index is 13.1. The number of hydrogen-bond acceptors (Lipinski definition) is 6. The van der Waals surface area contributed by atoms with Crippen LogP contribution >= 0.6 is 11.8 Å². The average Bonchev–Trinajstić information content (AvgIpc) is 3.07. The molecule has 0 radical (unpaired) electrons. The van der Waals surface area contributed by atoms with Gasteiger partial charge in [-0.1, -0.05) is 23.9 Å². The molecule has 0 spiro atoms. The first-order chi connectivity index (χ1) is 14.1. The van der Waals surface area contributed by atoms with E-state index in [4.69, 9.17) is 14.2 Å². The SMILES string of the molecule is C=CCSC1=N/C(=C\c2ccc(OC)c(OC)c2)C(=O)N1c1ccc(OC)cc1. The quantitative estimate of drug-likeness (QED) is 0.501. The Bertz CT molecular complexity index is 967. The standard InChI is InChI=1S/C22H22N2O4S/c1-5-12-29-22-23-18(13-15-6-11-19(27-3)20(14-15)28-4)21(25)24(22)16-7-9-17(26-2)10-8-16/h5-11,13-14H,1,12H2,2-4H3/b18-13-. The Morgan fingerprint density at radius 3 is 2.38 bits per heavy atom. The summed E-state index contributed by atoms with van der Waals surface area (Å²) in [6, 6.07) is 12.7. The maximum Gasteiger partial charge on any atom is 0.283 e. The second-order valence-corrected chi connectivity index (χ2v) is 6.96. The second kappa shape index (κ2) is 9.34. The number of rotatable bonds is 7. The van der Waals surface area contributed by atoms with Crippen LogP contribution in [0.25, 0.3) is 6.08 Å². The Kier molecular flexibility index (Phi) is 6.61. The lowest BCUT2D eigenvalue weighted by Crippen LogP contribution is -2.30. The van der Waals surface area contributed by atoms with Gasteiger partial charge in [-0.3, -0.25) is 9.69 Å². The molecule has 0 fully saturated rings. The molecule has 2 aromatic rings. The summed E-state index contributed by atoms with van der Waals surface area (Å²) in [6.45, 7) is 3.75. The highest BCUT2D eigenvalue weighted by Gasteiger charge is 2.31. The van der Waals surface area contributed by atoms with Crippen molar-refractivity contribution in [2.75, 3.05) is 32.0 Å². The molecule has 1 amide bonds. The van der Waals surface area contributed by atoms with Gasteiger partial charge in [0, 0.05) is 5.75 Å². The Morgan fingerprint density at radius 1 is 1.03 bits per heavy atom. The summed E-state index contributed by atoms with van der Waals surface area (Å²) in [5, 5.41) is 0.604. The van der Waals surface area contributed by atoms with Gasteiger partial charge >= 0.3 is 0 Å². The van der Waals surface area contributed by atoms with Crippen LogP contribution in [0.4, 0.5) is 5.69 Å². The number of anilines is 1. The minimum absolute atomic E-state index is 0.198. The van der Waals surface area contributed by atoms with Gasteiger partial charge in [-0.2, -0.15) is 0 Å². The average molecular weight is 410 g/mol. The van der Waals surface area contributed by atoms with Crippen molar-refractivity contribution < 1.29 is 19.0 Å². The molecule has 29 heavy (non-hydrogen) atoms. The summed E-state index contributed by atoms with van der Waals surface area (Å²) in [4.78, 5) is 19.3. The summed E-state index contributed by atoms with van der Waals surface area (Å²) in [7, 11) is 4.76. The molecule has 0 N–H and O–H groups in total. The molecule has 1 aliphatic rings. The molecular formula is C22H22N2O4S. The van der Waals surface area contributed by atoms with Gasteiger partial charge < -0.3 is 14.2 Å². The zero-order valence-electron chi connectivity index (χ0n) is 16.5. The highest BCUT2D eigenvalue weighted by atomic mass is 32.2. The van der Waals surface area contributed by atoms with Crippen LogP contribution in [0, 0.1) is 0 Å². The highest BCUT2D eigenvalue weighted by molar-refractivity contribution is 8.14. The van der Waals surface area contributed by atoms with E-state index in [1.54, 1.807) is 50.5 Å². The molecule has 1 aliphatic heterocycles. The molecule has 0 saturated carbocycles. The molecule has 0 aromatic heterocycles. The third-order valence-electron chi connectivity index (χ3n) is 4.20. The van der Waals surface area contributed by atoms with E-state index in [0.717, 1.165) is 17.0 Å². The van der Waals surface area contributed by atoms with Crippen LogP contribution in [-0.4, -0.2) is 38.2 Å². The fraction of sp³-hybridized carbons (Fsp3) is 0.182. The summed E-state index contributed by atoms with van der Waals surface area (Å²) >= 11 is 1.45. The second-order valence-electron chi connectivity index (χ2n) is 5.98. The van der Waals surface area contributed by atoms with E-state index < -0.39 is 0 Å². The maximum atomic E-state index is 13.1. The first kappa shape index (κ1) is 20.5. The van der Waals surface area contributed by atoms with Gasteiger partial charge in [0.15, 0.2) is 16.7 Å². The van der Waals surface area contributed by atoms with Crippen molar-refractivity contribution >= 4 is 34.6 Å². The molecule has 7 heteroatoms. The van der Waals surface area contributed by atoms with Gasteiger partial charge in [0.05, 0.1) is 27.0 Å². The van der Waals surface area contributed by atoms with Gasteiger partial charge in [0.25, 0.3) is 5.91 Å². The molecule has 6 nitrogen and oxygen atoms in total. The fourth-order valence-electron chi connectivity index (χ4n) is 2.79. The van der Waals surface area contributed by atoms with E-state index in [1.165, 1.54) is 11.8 Å². The predicted molar refractivity (Wildman–Crippen MR) is 118 cm³/mol. The number of thioether (sulfide) groups is 1. The number of hydrogen-bond donors (Lipinski definition) is 0. The van der Waals surface area contributed by atoms with Crippen molar-refractivity contribution in [3.63, 3.8) is 0 Å². The molecule has 0 saturated heterocycles. The summed E-state index contributed by atoms with van der Waals surface area (Å²) in [6.07, 6.45) is 3.52. The zero-order chi connectivity index (χ0) is 20.8. The summed E-state index contributed by atoms with van der Waals surface area (Å²) in [5.74, 6) is 2.38. The van der Waals surface area contributed by atoms with Crippen LogP contribution in [0.3, 0.4) is 0 Å². The van der Waals surface area contributed by atoms with Crippen LogP contribution < -0.4 is 19.1 Å². The third-order valence-corrected chi connectivity index (χ3v) is 5.14. The molecule has 0 atom stereocenters. The van der Waals surface area contributed by atoms with Crippen molar-refractivity contribution in [1.29, 1.82) is 0 Å². The molecule has 0 aliphatic carbocycles. The fourth-order valence-corrected chi connectivity index (χ4v) is 3.53. The van der Waals surface area contributed by atoms with E-state index in [9.17, 15) is 4.79 Å². The summed E-state index contributed by atoms with van der Waals surface area (Å²) < 4.78 is 15.8. The minimum Gasteiger partial charge on any atom is -0.497 e. The predicted octanol–water partition coefficient (Wildman–Crippen LogP) is 4.38. The van der Waals surface area contributed by atoms with Crippen molar-refractivity contribution in [2.45, 2.75) is 0 Å². The first-order valence-corrected chi connectivity index (χ1v) is 9.84. The molecule has 1 heterocycles. The number of carbonyl (C=O) groups is 1. The molecule has 0 bridgehead atoms. The van der Waals surface area contributed by atoms with Crippen molar-refractivity contribution in [1.82, 2.24) is 0 Å². The van der Waals surface area contributed by atoms with E-state index in [-0.39, 0.29) is 5.91 Å². The number of benzene rings is 2. The van der Waals surface area contributed by atoms with Gasteiger partial charge in [-0.25, -0.2) is 4.99 Å². The largest absolute Gasteiger partial charge is 0.497 e. The van der Waals surface area contributed by atoms with E-state index in [2.05, 4.69) is 11.6 Å². The Hall–Kier alpha value is -3.19. The number of carbonyl (C=O) groups excluding carboxylic acids is 1. The van der Waals surface area contributed by atoms with Gasteiger partial charge in [0.2, 0.25) is 0 Å². The van der Waals surface area contributed by atoms with Gasteiger partial charge in [-0.15, -0.1) is 6.58 Å². The lowest BCUT2D eigenvalue weighted by Gasteiger charge is -2.17. The van der Waals surface area contributed by atoms with Crippen molar-refractivity contribution in [3.05, 3.63) is 66.4 Å². The molecule has 2 aromatic carbocycles. The normalized spacial score (nSPS) is 14.7. The van der Waals surface area contributed by atoms with Crippen LogP contribution in [-0.2, 0) is 4.79 Å². The van der Waals surface area contributed by atoms with Gasteiger partial charge in [0.1, 0.15) is 11.4 Å². The van der Waals surface area contributed by atoms with Crippen molar-refractivity contribution in [2.24, 2.45) is 4.99 Å². The number of amidine groups is 1. The van der Waals surface area contributed by atoms with E-state index in [1.807, 2.05) is 30.3 Å².